The number of rotatable bonds is 4. The van der Waals surface area contributed by atoms with Crippen LogP contribution in [0.4, 0.5) is 17.1 Å². The average Bonchev–Trinajstić information content (AvgIpc) is 3.53. The van der Waals surface area contributed by atoms with Crippen molar-refractivity contribution in [1.82, 2.24) is 0 Å². The van der Waals surface area contributed by atoms with Gasteiger partial charge in [-0.25, -0.2) is 0 Å². The van der Waals surface area contributed by atoms with E-state index in [9.17, 15) is 0 Å². The molecule has 224 valence electrons. The van der Waals surface area contributed by atoms with Crippen LogP contribution in [-0.2, 0) is 0 Å². The topological polar surface area (TPSA) is 3.24 Å². The molecule has 0 amide bonds. The number of hydrogen-bond acceptors (Lipinski definition) is 2. The van der Waals surface area contributed by atoms with Crippen LogP contribution >= 0.6 is 11.3 Å². The lowest BCUT2D eigenvalue weighted by molar-refractivity contribution is 1.31. The van der Waals surface area contributed by atoms with Crippen LogP contribution in [-0.4, -0.2) is 0 Å². The molecule has 0 unspecified atom stereocenters. The molecule has 10 aromatic rings. The summed E-state index contributed by atoms with van der Waals surface area (Å²) in [6.45, 7) is 0. The van der Waals surface area contributed by atoms with Gasteiger partial charge in [-0.1, -0.05) is 140 Å². The number of fused-ring (bicyclic) bond motifs is 10. The zero-order valence-electron chi connectivity index (χ0n) is 26.1. The number of hydrogen-bond donors (Lipinski definition) is 0. The van der Waals surface area contributed by atoms with Gasteiger partial charge in [0.1, 0.15) is 0 Å². The summed E-state index contributed by atoms with van der Waals surface area (Å²) in [5.74, 6) is 0. The number of nitrogens with zero attached hydrogens (tertiary/aromatic N) is 1. The molecule has 0 spiro atoms. The summed E-state index contributed by atoms with van der Waals surface area (Å²) in [6.07, 6.45) is 0. The predicted molar refractivity (Wildman–Crippen MR) is 209 cm³/mol. The molecule has 0 fully saturated rings. The molecule has 10 rings (SSSR count). The molecule has 1 aromatic heterocycles. The second-order valence-electron chi connectivity index (χ2n) is 12.5. The number of anilines is 3. The molecule has 9 aromatic carbocycles. The quantitative estimate of drug-likeness (QED) is 0.176. The molecular weight excluding hydrogens is 599 g/mol. The largest absolute Gasteiger partial charge is 0.310 e. The maximum atomic E-state index is 2.44. The van der Waals surface area contributed by atoms with Crippen molar-refractivity contribution in [2.75, 3.05) is 4.90 Å². The molecule has 0 saturated carbocycles. The van der Waals surface area contributed by atoms with E-state index in [2.05, 4.69) is 181 Å². The minimum atomic E-state index is 1.13. The van der Waals surface area contributed by atoms with Crippen LogP contribution in [0.2, 0.25) is 0 Å². The predicted octanol–water partition coefficient (Wildman–Crippen LogP) is 13.8. The Kier molecular flexibility index (Phi) is 6.12. The van der Waals surface area contributed by atoms with E-state index in [-0.39, 0.29) is 0 Å². The van der Waals surface area contributed by atoms with Crippen molar-refractivity contribution in [1.29, 1.82) is 0 Å². The first kappa shape index (κ1) is 27.2. The SMILES string of the molecule is c1ccc(-c2ccc(N(c3ccc4c(c3)sc3ccccc34)c3cccc4c3ccc3ccc5ccc6ccccc6c5c34)cc2)cc1. The lowest BCUT2D eigenvalue weighted by Crippen LogP contribution is -2.10. The molecule has 2 heteroatoms. The van der Waals surface area contributed by atoms with Crippen LogP contribution in [0.15, 0.2) is 176 Å². The Morgan fingerprint density at radius 2 is 0.917 bits per heavy atom. The molecule has 0 N–H and O–H groups in total. The first-order valence-electron chi connectivity index (χ1n) is 16.4. The van der Waals surface area contributed by atoms with Gasteiger partial charge in [0.2, 0.25) is 0 Å². The lowest BCUT2D eigenvalue weighted by Gasteiger charge is -2.27. The van der Waals surface area contributed by atoms with E-state index < -0.39 is 0 Å². The fourth-order valence-electron chi connectivity index (χ4n) is 7.57. The van der Waals surface area contributed by atoms with Crippen molar-refractivity contribution in [3.05, 3.63) is 176 Å². The van der Waals surface area contributed by atoms with Gasteiger partial charge in [0.15, 0.2) is 0 Å². The molecule has 0 bridgehead atoms. The minimum absolute atomic E-state index is 1.13. The standard InChI is InChI=1S/C46H29NS/c1-2-9-30(10-3-1)31-21-24-35(25-22-31)47(36-26-28-40-39-13-6-7-16-43(39)48-44(40)29-36)42-15-8-14-41-38(42)27-23-34-20-19-33-18-17-32-11-4-5-12-37(32)45(33)46(34)41/h1-29H. The summed E-state index contributed by atoms with van der Waals surface area (Å²) < 4.78 is 2.61. The van der Waals surface area contributed by atoms with Gasteiger partial charge < -0.3 is 4.90 Å². The van der Waals surface area contributed by atoms with Gasteiger partial charge in [-0.2, -0.15) is 0 Å². The first-order valence-corrected chi connectivity index (χ1v) is 17.2. The van der Waals surface area contributed by atoms with Crippen LogP contribution in [0.5, 0.6) is 0 Å². The van der Waals surface area contributed by atoms with Gasteiger partial charge in [0.25, 0.3) is 0 Å². The van der Waals surface area contributed by atoms with E-state index in [4.69, 9.17) is 0 Å². The van der Waals surface area contributed by atoms with E-state index in [1.807, 2.05) is 11.3 Å². The van der Waals surface area contributed by atoms with E-state index in [1.165, 1.54) is 80.1 Å². The van der Waals surface area contributed by atoms with E-state index in [0.717, 1.165) is 11.4 Å². The molecule has 48 heavy (non-hydrogen) atoms. The second kappa shape index (κ2) is 10.8. The van der Waals surface area contributed by atoms with Crippen LogP contribution in [0.1, 0.15) is 0 Å². The monoisotopic (exact) mass is 627 g/mol. The zero-order chi connectivity index (χ0) is 31.6. The van der Waals surface area contributed by atoms with E-state index in [0.29, 0.717) is 0 Å². The Balaban J connectivity index is 1.25. The Hall–Kier alpha value is -5.96. The van der Waals surface area contributed by atoms with E-state index >= 15 is 0 Å². The van der Waals surface area contributed by atoms with Crippen molar-refractivity contribution in [3.63, 3.8) is 0 Å². The van der Waals surface area contributed by atoms with E-state index in [1.54, 1.807) is 0 Å². The zero-order valence-corrected chi connectivity index (χ0v) is 26.9. The number of thiophene rings is 1. The van der Waals surface area contributed by atoms with Crippen LogP contribution < -0.4 is 4.90 Å². The van der Waals surface area contributed by atoms with Crippen molar-refractivity contribution in [2.24, 2.45) is 0 Å². The molecule has 1 nitrogen and oxygen atoms in total. The Morgan fingerprint density at radius 1 is 0.333 bits per heavy atom. The normalized spacial score (nSPS) is 11.8. The Labute approximate surface area is 282 Å². The molecule has 1 heterocycles. The Morgan fingerprint density at radius 3 is 1.75 bits per heavy atom. The van der Waals surface area contributed by atoms with Crippen molar-refractivity contribution < 1.29 is 0 Å². The van der Waals surface area contributed by atoms with Crippen molar-refractivity contribution in [3.8, 4) is 11.1 Å². The summed E-state index contributed by atoms with van der Waals surface area (Å²) >= 11 is 1.86. The van der Waals surface area contributed by atoms with Gasteiger partial charge in [0.05, 0.1) is 5.69 Å². The summed E-state index contributed by atoms with van der Waals surface area (Å²) in [7, 11) is 0. The highest BCUT2D eigenvalue weighted by Crippen LogP contribution is 2.45. The van der Waals surface area contributed by atoms with Crippen LogP contribution in [0.3, 0.4) is 0 Å². The third-order valence-electron chi connectivity index (χ3n) is 9.82. The summed E-state index contributed by atoms with van der Waals surface area (Å²) in [4.78, 5) is 2.44. The highest BCUT2D eigenvalue weighted by molar-refractivity contribution is 7.25. The molecule has 0 aliphatic carbocycles. The molecular formula is C46H29NS. The van der Waals surface area contributed by atoms with Gasteiger partial charge in [-0.05, 0) is 85.2 Å². The Bertz CT molecular complexity index is 2820. The third kappa shape index (κ3) is 4.24. The van der Waals surface area contributed by atoms with Gasteiger partial charge in [-0.15, -0.1) is 11.3 Å². The summed E-state index contributed by atoms with van der Waals surface area (Å²) in [6, 6.07) is 64.5. The number of benzene rings is 9. The van der Waals surface area contributed by atoms with Crippen LogP contribution in [0.25, 0.3) is 74.4 Å². The molecule has 0 atom stereocenters. The smallest absolute Gasteiger partial charge is 0.0540 e. The summed E-state index contributed by atoms with van der Waals surface area (Å²) in [5, 5.41) is 12.8. The van der Waals surface area contributed by atoms with Gasteiger partial charge in [0, 0.05) is 36.9 Å². The highest BCUT2D eigenvalue weighted by Gasteiger charge is 2.19. The maximum Gasteiger partial charge on any atom is 0.0540 e. The minimum Gasteiger partial charge on any atom is -0.310 e. The molecule has 0 aliphatic rings. The summed E-state index contributed by atoms with van der Waals surface area (Å²) in [5.41, 5.74) is 5.88. The molecule has 0 aliphatic heterocycles. The van der Waals surface area contributed by atoms with Crippen molar-refractivity contribution in [2.45, 2.75) is 0 Å². The highest BCUT2D eigenvalue weighted by atomic mass is 32.1. The lowest BCUT2D eigenvalue weighted by atomic mass is 9.92. The first-order chi connectivity index (χ1) is 23.8. The maximum absolute atomic E-state index is 2.44. The molecule has 0 radical (unpaired) electrons. The van der Waals surface area contributed by atoms with Gasteiger partial charge >= 0.3 is 0 Å². The fourth-order valence-corrected chi connectivity index (χ4v) is 8.71. The second-order valence-corrected chi connectivity index (χ2v) is 13.6. The average molecular weight is 628 g/mol. The van der Waals surface area contributed by atoms with Gasteiger partial charge in [-0.3, -0.25) is 0 Å². The molecule has 0 saturated heterocycles. The van der Waals surface area contributed by atoms with Crippen LogP contribution in [0, 0.1) is 0 Å². The third-order valence-corrected chi connectivity index (χ3v) is 11.0. The fraction of sp³-hybridized carbons (Fsp3) is 0. The van der Waals surface area contributed by atoms with Crippen molar-refractivity contribution >= 4 is 91.7 Å².